The van der Waals surface area contributed by atoms with Crippen LogP contribution in [0.2, 0.25) is 0 Å². The van der Waals surface area contributed by atoms with Gasteiger partial charge >= 0.3 is 0 Å². The van der Waals surface area contributed by atoms with Crippen LogP contribution in [0.3, 0.4) is 0 Å². The van der Waals surface area contributed by atoms with E-state index in [1.165, 1.54) is 5.56 Å². The van der Waals surface area contributed by atoms with Crippen LogP contribution in [0.25, 0.3) is 11.1 Å². The standard InChI is InChI=1S/C16H16O2/c1-11-4-6-13(7-5-11)14-8-9-16(18-3)15(10-14)12(2)17/h4-10H,1-3H3. The summed E-state index contributed by atoms with van der Waals surface area (Å²) in [5.41, 5.74) is 3.97. The maximum absolute atomic E-state index is 11.6. The van der Waals surface area contributed by atoms with Crippen LogP contribution < -0.4 is 4.74 Å². The number of Topliss-reactive ketones (excluding diaryl/α,β-unsaturated/α-hetero) is 1. The van der Waals surface area contributed by atoms with Crippen LogP contribution in [0.5, 0.6) is 5.75 Å². The first-order valence-electron chi connectivity index (χ1n) is 5.88. The molecular formula is C16H16O2. The van der Waals surface area contributed by atoms with Crippen LogP contribution in [0.15, 0.2) is 42.5 Å². The van der Waals surface area contributed by atoms with Crippen molar-refractivity contribution in [3.8, 4) is 16.9 Å². The predicted molar refractivity (Wildman–Crippen MR) is 73.2 cm³/mol. The zero-order valence-corrected chi connectivity index (χ0v) is 10.9. The molecule has 18 heavy (non-hydrogen) atoms. The molecule has 2 aromatic rings. The monoisotopic (exact) mass is 240 g/mol. The molecule has 2 heteroatoms. The largest absolute Gasteiger partial charge is 0.496 e. The van der Waals surface area contributed by atoms with Crippen LogP contribution in [0.1, 0.15) is 22.8 Å². The van der Waals surface area contributed by atoms with Crippen LogP contribution in [0, 0.1) is 6.92 Å². The second-order valence-electron chi connectivity index (χ2n) is 4.34. The summed E-state index contributed by atoms with van der Waals surface area (Å²) in [5, 5.41) is 0. The molecule has 0 heterocycles. The molecular weight excluding hydrogens is 224 g/mol. The number of hydrogen-bond acceptors (Lipinski definition) is 2. The summed E-state index contributed by atoms with van der Waals surface area (Å²) in [4.78, 5) is 11.6. The molecule has 0 aliphatic rings. The number of carbonyl (C=O) groups excluding carboxylic acids is 1. The van der Waals surface area contributed by atoms with Crippen LogP contribution in [-0.4, -0.2) is 12.9 Å². The van der Waals surface area contributed by atoms with Gasteiger partial charge in [-0.1, -0.05) is 35.9 Å². The van der Waals surface area contributed by atoms with Gasteiger partial charge in [-0.3, -0.25) is 4.79 Å². The molecule has 2 nitrogen and oxygen atoms in total. The number of rotatable bonds is 3. The second kappa shape index (κ2) is 5.05. The average molecular weight is 240 g/mol. The Kier molecular flexibility index (Phi) is 3.47. The smallest absolute Gasteiger partial charge is 0.163 e. The molecule has 0 aliphatic heterocycles. The van der Waals surface area contributed by atoms with E-state index in [2.05, 4.69) is 31.2 Å². The van der Waals surface area contributed by atoms with E-state index in [-0.39, 0.29) is 5.78 Å². The van der Waals surface area contributed by atoms with Gasteiger partial charge in [0, 0.05) is 0 Å². The first-order chi connectivity index (χ1) is 8.61. The molecule has 0 amide bonds. The summed E-state index contributed by atoms with van der Waals surface area (Å²) in [6, 6.07) is 13.9. The van der Waals surface area contributed by atoms with Crippen molar-refractivity contribution in [2.75, 3.05) is 7.11 Å². The van der Waals surface area contributed by atoms with Gasteiger partial charge in [-0.25, -0.2) is 0 Å². The third kappa shape index (κ3) is 2.43. The molecule has 0 fully saturated rings. The number of methoxy groups -OCH3 is 1. The minimum absolute atomic E-state index is 0.0146. The third-order valence-corrected chi connectivity index (χ3v) is 2.96. The molecule has 2 rings (SSSR count). The van der Waals surface area contributed by atoms with Gasteiger partial charge in [-0.05, 0) is 37.1 Å². The lowest BCUT2D eigenvalue weighted by Crippen LogP contribution is -1.97. The van der Waals surface area contributed by atoms with Crippen molar-refractivity contribution < 1.29 is 9.53 Å². The molecule has 0 aromatic heterocycles. The minimum Gasteiger partial charge on any atom is -0.496 e. The van der Waals surface area contributed by atoms with E-state index in [4.69, 9.17) is 4.74 Å². The van der Waals surface area contributed by atoms with Gasteiger partial charge in [-0.2, -0.15) is 0 Å². The highest BCUT2D eigenvalue weighted by molar-refractivity contribution is 5.98. The second-order valence-corrected chi connectivity index (χ2v) is 4.34. The summed E-state index contributed by atoms with van der Waals surface area (Å²) in [6.45, 7) is 3.61. The summed E-state index contributed by atoms with van der Waals surface area (Å²) >= 11 is 0. The molecule has 0 bridgehead atoms. The number of aryl methyl sites for hydroxylation is 1. The highest BCUT2D eigenvalue weighted by atomic mass is 16.5. The number of benzene rings is 2. The minimum atomic E-state index is 0.0146. The van der Waals surface area contributed by atoms with Gasteiger partial charge in [0.25, 0.3) is 0 Å². The van der Waals surface area contributed by atoms with E-state index in [1.54, 1.807) is 14.0 Å². The van der Waals surface area contributed by atoms with E-state index in [0.29, 0.717) is 11.3 Å². The Bertz CT molecular complexity index is 568. The summed E-state index contributed by atoms with van der Waals surface area (Å²) in [6.07, 6.45) is 0. The van der Waals surface area contributed by atoms with Crippen molar-refractivity contribution in [1.29, 1.82) is 0 Å². The Morgan fingerprint density at radius 3 is 2.17 bits per heavy atom. The van der Waals surface area contributed by atoms with E-state index in [9.17, 15) is 4.79 Å². The van der Waals surface area contributed by atoms with Gasteiger partial charge in [0.15, 0.2) is 5.78 Å². The predicted octanol–water partition coefficient (Wildman–Crippen LogP) is 3.87. The Balaban J connectivity index is 2.49. The molecule has 0 N–H and O–H groups in total. The molecule has 0 atom stereocenters. The Morgan fingerprint density at radius 2 is 1.61 bits per heavy atom. The average Bonchev–Trinajstić information content (AvgIpc) is 2.39. The Morgan fingerprint density at radius 1 is 1.00 bits per heavy atom. The van der Waals surface area contributed by atoms with Crippen LogP contribution in [-0.2, 0) is 0 Å². The SMILES string of the molecule is COc1ccc(-c2ccc(C)cc2)cc1C(C)=O. The molecule has 92 valence electrons. The molecule has 0 aliphatic carbocycles. The zero-order chi connectivity index (χ0) is 13.1. The topological polar surface area (TPSA) is 26.3 Å². The first kappa shape index (κ1) is 12.4. The van der Waals surface area contributed by atoms with Gasteiger partial charge < -0.3 is 4.74 Å². The maximum atomic E-state index is 11.6. The first-order valence-corrected chi connectivity index (χ1v) is 5.88. The van der Waals surface area contributed by atoms with Crippen molar-refractivity contribution in [1.82, 2.24) is 0 Å². The third-order valence-electron chi connectivity index (χ3n) is 2.96. The van der Waals surface area contributed by atoms with Crippen molar-refractivity contribution in [2.24, 2.45) is 0 Å². The van der Waals surface area contributed by atoms with Crippen molar-refractivity contribution in [3.05, 3.63) is 53.6 Å². The molecule has 0 unspecified atom stereocenters. The quantitative estimate of drug-likeness (QED) is 0.761. The number of ketones is 1. The highest BCUT2D eigenvalue weighted by Crippen LogP contribution is 2.27. The van der Waals surface area contributed by atoms with Gasteiger partial charge in [0.05, 0.1) is 12.7 Å². The van der Waals surface area contributed by atoms with E-state index < -0.39 is 0 Å². The number of carbonyl (C=O) groups is 1. The summed E-state index contributed by atoms with van der Waals surface area (Å²) < 4.78 is 5.20. The van der Waals surface area contributed by atoms with Crippen LogP contribution >= 0.6 is 0 Å². The highest BCUT2D eigenvalue weighted by Gasteiger charge is 2.09. The normalized spacial score (nSPS) is 10.2. The molecule has 0 saturated carbocycles. The molecule has 2 aromatic carbocycles. The lowest BCUT2D eigenvalue weighted by atomic mass is 10.00. The van der Waals surface area contributed by atoms with Gasteiger partial charge in [0.2, 0.25) is 0 Å². The lowest BCUT2D eigenvalue weighted by Gasteiger charge is -2.09. The van der Waals surface area contributed by atoms with Crippen molar-refractivity contribution in [2.45, 2.75) is 13.8 Å². The fraction of sp³-hybridized carbons (Fsp3) is 0.188. The lowest BCUT2D eigenvalue weighted by molar-refractivity contribution is 0.101. The fourth-order valence-electron chi connectivity index (χ4n) is 1.91. The van der Waals surface area contributed by atoms with Crippen molar-refractivity contribution >= 4 is 5.78 Å². The van der Waals surface area contributed by atoms with E-state index >= 15 is 0 Å². The molecule has 0 radical (unpaired) electrons. The summed E-state index contributed by atoms with van der Waals surface area (Å²) in [7, 11) is 1.58. The molecule has 0 saturated heterocycles. The molecule has 0 spiro atoms. The summed E-state index contributed by atoms with van der Waals surface area (Å²) in [5.74, 6) is 0.638. The number of ether oxygens (including phenoxy) is 1. The van der Waals surface area contributed by atoms with E-state index in [0.717, 1.165) is 11.1 Å². The van der Waals surface area contributed by atoms with Crippen molar-refractivity contribution in [3.63, 3.8) is 0 Å². The Hall–Kier alpha value is -2.09. The van der Waals surface area contributed by atoms with Gasteiger partial charge in [0.1, 0.15) is 5.75 Å². The van der Waals surface area contributed by atoms with E-state index in [1.807, 2.05) is 18.2 Å². The van der Waals surface area contributed by atoms with Gasteiger partial charge in [-0.15, -0.1) is 0 Å². The maximum Gasteiger partial charge on any atom is 0.163 e. The van der Waals surface area contributed by atoms with Crippen LogP contribution in [0.4, 0.5) is 0 Å². The number of hydrogen-bond donors (Lipinski definition) is 0. The Labute approximate surface area is 107 Å². The fourth-order valence-corrected chi connectivity index (χ4v) is 1.91. The zero-order valence-electron chi connectivity index (χ0n) is 10.9.